The number of anilines is 2. The van der Waals surface area contributed by atoms with Crippen LogP contribution in [0.2, 0.25) is 0 Å². The number of methoxy groups -OCH3 is 1. The van der Waals surface area contributed by atoms with Crippen LogP contribution >= 0.6 is 0 Å². The van der Waals surface area contributed by atoms with Crippen LogP contribution in [0.3, 0.4) is 0 Å². The van der Waals surface area contributed by atoms with Crippen LogP contribution in [0.5, 0.6) is 5.75 Å². The molecule has 0 saturated heterocycles. The summed E-state index contributed by atoms with van der Waals surface area (Å²) >= 11 is 0. The summed E-state index contributed by atoms with van der Waals surface area (Å²) in [4.78, 5) is 26.3. The number of aryl methyl sites for hydroxylation is 1. The zero-order chi connectivity index (χ0) is 19.1. The second-order valence-corrected chi connectivity index (χ2v) is 6.23. The van der Waals surface area contributed by atoms with Gasteiger partial charge >= 0.3 is 0 Å². The third-order valence-corrected chi connectivity index (χ3v) is 4.09. The van der Waals surface area contributed by atoms with E-state index in [9.17, 15) is 9.59 Å². The summed E-state index contributed by atoms with van der Waals surface area (Å²) in [5.41, 5.74) is 2.50. The molecule has 0 aliphatic rings. The Bertz CT molecular complexity index is 759. The summed E-state index contributed by atoms with van der Waals surface area (Å²) in [7, 11) is 3.33. The number of carbonyl (C=O) groups excluding carboxylic acids is 2. The Morgan fingerprint density at radius 2 is 1.77 bits per heavy atom. The van der Waals surface area contributed by atoms with Crippen LogP contribution in [0.25, 0.3) is 0 Å². The summed E-state index contributed by atoms with van der Waals surface area (Å²) < 4.78 is 5.09. The van der Waals surface area contributed by atoms with Gasteiger partial charge in [0.05, 0.1) is 19.7 Å². The summed E-state index contributed by atoms with van der Waals surface area (Å²) in [5.74, 6) is 0.379. The topological polar surface area (TPSA) is 70.7 Å². The molecule has 0 saturated carbocycles. The van der Waals surface area contributed by atoms with Crippen molar-refractivity contribution in [3.63, 3.8) is 0 Å². The molecule has 6 nitrogen and oxygen atoms in total. The highest BCUT2D eigenvalue weighted by molar-refractivity contribution is 5.96. The average molecular weight is 355 g/mol. The van der Waals surface area contributed by atoms with E-state index in [0.29, 0.717) is 5.69 Å². The van der Waals surface area contributed by atoms with E-state index in [1.807, 2.05) is 31.2 Å². The van der Waals surface area contributed by atoms with E-state index in [1.54, 1.807) is 50.2 Å². The quantitative estimate of drug-likeness (QED) is 0.801. The number of hydrogen-bond donors (Lipinski definition) is 2. The Kier molecular flexibility index (Phi) is 6.74. The van der Waals surface area contributed by atoms with Crippen molar-refractivity contribution in [2.24, 2.45) is 0 Å². The summed E-state index contributed by atoms with van der Waals surface area (Å²) in [6.45, 7) is 3.84. The van der Waals surface area contributed by atoms with E-state index >= 15 is 0 Å². The maximum Gasteiger partial charge on any atom is 0.241 e. The summed E-state index contributed by atoms with van der Waals surface area (Å²) in [6.07, 6.45) is 0. The zero-order valence-corrected chi connectivity index (χ0v) is 15.6. The smallest absolute Gasteiger partial charge is 0.241 e. The molecule has 26 heavy (non-hydrogen) atoms. The van der Waals surface area contributed by atoms with Gasteiger partial charge in [0.25, 0.3) is 0 Å². The first kappa shape index (κ1) is 19.5. The van der Waals surface area contributed by atoms with Crippen LogP contribution in [0.15, 0.2) is 48.5 Å². The van der Waals surface area contributed by atoms with Crippen molar-refractivity contribution in [1.82, 2.24) is 4.90 Å². The Morgan fingerprint density at radius 1 is 1.08 bits per heavy atom. The Hall–Kier alpha value is -2.86. The molecule has 0 bridgehead atoms. The van der Waals surface area contributed by atoms with Gasteiger partial charge in [-0.2, -0.15) is 0 Å². The van der Waals surface area contributed by atoms with Gasteiger partial charge in [-0.1, -0.05) is 12.1 Å². The number of benzene rings is 2. The number of carbonyl (C=O) groups is 2. The van der Waals surface area contributed by atoms with Crippen molar-refractivity contribution < 1.29 is 14.3 Å². The normalized spacial score (nSPS) is 11.7. The zero-order valence-electron chi connectivity index (χ0n) is 15.6. The largest absolute Gasteiger partial charge is 0.497 e. The van der Waals surface area contributed by atoms with Crippen LogP contribution in [-0.4, -0.2) is 43.5 Å². The number of nitrogens with zero attached hydrogens (tertiary/aromatic N) is 1. The molecule has 2 aromatic rings. The van der Waals surface area contributed by atoms with E-state index in [0.717, 1.165) is 17.0 Å². The molecule has 2 rings (SSSR count). The lowest BCUT2D eigenvalue weighted by molar-refractivity contribution is -0.122. The highest BCUT2D eigenvalue weighted by Gasteiger charge is 2.20. The number of nitrogens with one attached hydrogen (secondary N) is 2. The number of ether oxygens (including phenoxy) is 1. The average Bonchev–Trinajstić information content (AvgIpc) is 2.61. The highest BCUT2D eigenvalue weighted by Crippen LogP contribution is 2.15. The minimum atomic E-state index is -0.447. The van der Waals surface area contributed by atoms with Gasteiger partial charge in [0, 0.05) is 11.4 Å². The van der Waals surface area contributed by atoms with Crippen LogP contribution < -0.4 is 15.4 Å². The van der Waals surface area contributed by atoms with Crippen LogP contribution in [0.4, 0.5) is 11.4 Å². The van der Waals surface area contributed by atoms with Crippen molar-refractivity contribution in [1.29, 1.82) is 0 Å². The molecular formula is C20H25N3O3. The lowest BCUT2D eigenvalue weighted by Gasteiger charge is -2.23. The van der Waals surface area contributed by atoms with E-state index in [1.165, 1.54) is 0 Å². The minimum absolute atomic E-state index is 0.106. The molecule has 6 heteroatoms. The number of hydrogen-bond acceptors (Lipinski definition) is 4. The highest BCUT2D eigenvalue weighted by atomic mass is 16.5. The fraction of sp³-hybridized carbons (Fsp3) is 0.300. The monoisotopic (exact) mass is 355 g/mol. The molecule has 2 aromatic carbocycles. The van der Waals surface area contributed by atoms with Gasteiger partial charge in [-0.25, -0.2) is 0 Å². The predicted molar refractivity (Wildman–Crippen MR) is 104 cm³/mol. The molecular weight excluding hydrogens is 330 g/mol. The van der Waals surface area contributed by atoms with E-state index in [-0.39, 0.29) is 18.4 Å². The van der Waals surface area contributed by atoms with Crippen LogP contribution in [0.1, 0.15) is 12.5 Å². The molecule has 138 valence electrons. The van der Waals surface area contributed by atoms with Crippen molar-refractivity contribution >= 4 is 23.2 Å². The maximum absolute atomic E-state index is 12.4. The second kappa shape index (κ2) is 9.01. The molecule has 1 unspecified atom stereocenters. The third-order valence-electron chi connectivity index (χ3n) is 4.09. The van der Waals surface area contributed by atoms with E-state index < -0.39 is 6.04 Å². The lowest BCUT2D eigenvalue weighted by Crippen LogP contribution is -2.43. The molecule has 2 N–H and O–H groups in total. The van der Waals surface area contributed by atoms with Crippen LogP contribution in [0, 0.1) is 6.92 Å². The Morgan fingerprint density at radius 3 is 2.38 bits per heavy atom. The Labute approximate surface area is 154 Å². The summed E-state index contributed by atoms with van der Waals surface area (Å²) in [6, 6.07) is 14.2. The predicted octanol–water partition coefficient (Wildman–Crippen LogP) is 2.90. The first-order valence-electron chi connectivity index (χ1n) is 8.40. The molecule has 1 atom stereocenters. The van der Waals surface area contributed by atoms with Crippen molar-refractivity contribution in [2.75, 3.05) is 31.3 Å². The van der Waals surface area contributed by atoms with Gasteiger partial charge in [0.2, 0.25) is 11.8 Å². The van der Waals surface area contributed by atoms with E-state index in [4.69, 9.17) is 4.74 Å². The molecule has 2 amide bonds. The molecule has 0 aromatic heterocycles. The van der Waals surface area contributed by atoms with Gasteiger partial charge in [0.1, 0.15) is 5.75 Å². The molecule has 0 aliphatic heterocycles. The minimum Gasteiger partial charge on any atom is -0.497 e. The van der Waals surface area contributed by atoms with E-state index in [2.05, 4.69) is 10.6 Å². The molecule has 0 fully saturated rings. The fourth-order valence-electron chi connectivity index (χ4n) is 2.41. The van der Waals surface area contributed by atoms with Crippen molar-refractivity contribution in [3.05, 3.63) is 54.1 Å². The molecule has 0 heterocycles. The Balaban J connectivity index is 1.87. The van der Waals surface area contributed by atoms with Crippen molar-refractivity contribution in [2.45, 2.75) is 19.9 Å². The van der Waals surface area contributed by atoms with Gasteiger partial charge in [-0.3, -0.25) is 14.5 Å². The molecule has 0 aliphatic carbocycles. The fourth-order valence-corrected chi connectivity index (χ4v) is 2.41. The summed E-state index contributed by atoms with van der Waals surface area (Å²) in [5, 5.41) is 5.68. The number of likely N-dealkylation sites (N-methyl/N-ethyl adjacent to an activating group) is 1. The number of amides is 2. The standard InChI is InChI=1S/C20H25N3O3/c1-14-6-5-7-17(12-14)22-20(25)15(2)23(3)13-19(24)21-16-8-10-18(26-4)11-9-16/h5-12,15H,13H2,1-4H3,(H,21,24)(H,22,25). The first-order valence-corrected chi connectivity index (χ1v) is 8.40. The molecule has 0 spiro atoms. The van der Waals surface area contributed by atoms with Gasteiger partial charge in [-0.15, -0.1) is 0 Å². The third kappa shape index (κ3) is 5.60. The maximum atomic E-state index is 12.4. The molecule has 0 radical (unpaired) electrons. The van der Waals surface area contributed by atoms with Crippen molar-refractivity contribution in [3.8, 4) is 5.75 Å². The van der Waals surface area contributed by atoms with Gasteiger partial charge < -0.3 is 15.4 Å². The van der Waals surface area contributed by atoms with Gasteiger partial charge in [-0.05, 0) is 62.9 Å². The van der Waals surface area contributed by atoms with Crippen LogP contribution in [-0.2, 0) is 9.59 Å². The lowest BCUT2D eigenvalue weighted by atomic mass is 10.2. The number of rotatable bonds is 7. The second-order valence-electron chi connectivity index (χ2n) is 6.23. The SMILES string of the molecule is COc1ccc(NC(=O)CN(C)C(C)C(=O)Nc2cccc(C)c2)cc1. The van der Waals surface area contributed by atoms with Gasteiger partial charge in [0.15, 0.2) is 0 Å². The first-order chi connectivity index (χ1) is 12.4.